The van der Waals surface area contributed by atoms with Crippen molar-refractivity contribution in [3.05, 3.63) is 30.1 Å². The Morgan fingerprint density at radius 1 is 1.13 bits per heavy atom. The number of nitrogens with one attached hydrogen (secondary N) is 2. The summed E-state index contributed by atoms with van der Waals surface area (Å²) in [5.41, 5.74) is 0.965. The molecule has 2 saturated heterocycles. The van der Waals surface area contributed by atoms with Gasteiger partial charge < -0.3 is 20.4 Å². The van der Waals surface area contributed by atoms with Crippen molar-refractivity contribution in [1.29, 1.82) is 0 Å². The maximum atomic E-state index is 13.0. The van der Waals surface area contributed by atoms with Crippen molar-refractivity contribution in [3.63, 3.8) is 0 Å². The average Bonchev–Trinajstić information content (AvgIpc) is 2.58. The van der Waals surface area contributed by atoms with Gasteiger partial charge in [0.15, 0.2) is 0 Å². The van der Waals surface area contributed by atoms with Crippen LogP contribution < -0.4 is 15.5 Å². The molecule has 0 spiro atoms. The minimum Gasteiger partial charge on any atom is -0.368 e. The maximum Gasteiger partial charge on any atom is 0.237 e. The van der Waals surface area contributed by atoms with E-state index in [2.05, 4.69) is 15.5 Å². The van der Waals surface area contributed by atoms with Crippen LogP contribution in [0.4, 0.5) is 10.1 Å². The lowest BCUT2D eigenvalue weighted by molar-refractivity contribution is -0.135. The van der Waals surface area contributed by atoms with Crippen molar-refractivity contribution < 1.29 is 14.0 Å². The van der Waals surface area contributed by atoms with E-state index in [1.54, 1.807) is 17.0 Å². The second kappa shape index (κ2) is 6.95. The van der Waals surface area contributed by atoms with Gasteiger partial charge >= 0.3 is 0 Å². The van der Waals surface area contributed by atoms with Crippen molar-refractivity contribution in [2.75, 3.05) is 44.2 Å². The molecule has 1 aromatic carbocycles. The molecule has 6 nitrogen and oxygen atoms in total. The highest BCUT2D eigenvalue weighted by atomic mass is 19.1. The van der Waals surface area contributed by atoms with E-state index in [9.17, 15) is 14.0 Å². The maximum absolute atomic E-state index is 13.0. The van der Waals surface area contributed by atoms with Gasteiger partial charge in [0, 0.05) is 45.0 Å². The lowest BCUT2D eigenvalue weighted by Gasteiger charge is -2.37. The van der Waals surface area contributed by atoms with Crippen molar-refractivity contribution in [2.24, 2.45) is 0 Å². The van der Waals surface area contributed by atoms with Gasteiger partial charge in [-0.05, 0) is 24.3 Å². The molecule has 2 aliphatic heterocycles. The molecular weight excluding hydrogens is 299 g/mol. The molecule has 23 heavy (non-hydrogen) atoms. The molecule has 0 aromatic heterocycles. The molecule has 124 valence electrons. The molecule has 0 saturated carbocycles. The van der Waals surface area contributed by atoms with E-state index < -0.39 is 6.04 Å². The number of anilines is 1. The number of nitrogens with zero attached hydrogens (tertiary/aromatic N) is 2. The summed E-state index contributed by atoms with van der Waals surface area (Å²) in [5, 5.41) is 5.84. The Morgan fingerprint density at radius 2 is 1.83 bits per heavy atom. The number of benzene rings is 1. The number of piperazine rings is 2. The van der Waals surface area contributed by atoms with Gasteiger partial charge in [0.1, 0.15) is 5.82 Å². The van der Waals surface area contributed by atoms with Crippen molar-refractivity contribution in [3.8, 4) is 0 Å². The highest BCUT2D eigenvalue weighted by Crippen LogP contribution is 2.17. The number of rotatable bonds is 3. The summed E-state index contributed by atoms with van der Waals surface area (Å²) in [6.45, 7) is 3.96. The van der Waals surface area contributed by atoms with Gasteiger partial charge in [-0.3, -0.25) is 9.59 Å². The van der Waals surface area contributed by atoms with Crippen LogP contribution in [0.5, 0.6) is 0 Å². The average molecular weight is 320 g/mol. The zero-order valence-corrected chi connectivity index (χ0v) is 12.9. The molecule has 2 amide bonds. The molecule has 0 radical (unpaired) electrons. The van der Waals surface area contributed by atoms with Gasteiger partial charge in [0.2, 0.25) is 11.8 Å². The minimum absolute atomic E-state index is 0.00157. The fourth-order valence-corrected chi connectivity index (χ4v) is 2.98. The zero-order chi connectivity index (χ0) is 16.2. The molecule has 1 atom stereocenters. The second-order valence-corrected chi connectivity index (χ2v) is 5.85. The first-order valence-electron chi connectivity index (χ1n) is 7.93. The smallest absolute Gasteiger partial charge is 0.237 e. The Bertz CT molecular complexity index is 570. The summed E-state index contributed by atoms with van der Waals surface area (Å²) in [6.07, 6.45) is 0.197. The highest BCUT2D eigenvalue weighted by Gasteiger charge is 2.28. The van der Waals surface area contributed by atoms with Crippen LogP contribution in [-0.2, 0) is 9.59 Å². The topological polar surface area (TPSA) is 64.7 Å². The SMILES string of the molecule is O=C1NCCN[C@@H]1CC(=O)N1CCN(c2ccc(F)cc2)CC1. The lowest BCUT2D eigenvalue weighted by atomic mass is 10.1. The van der Waals surface area contributed by atoms with Gasteiger partial charge in [0.05, 0.1) is 12.5 Å². The number of hydrogen-bond donors (Lipinski definition) is 2. The summed E-state index contributed by atoms with van der Waals surface area (Å²) < 4.78 is 13.0. The molecule has 7 heteroatoms. The Balaban J connectivity index is 1.51. The van der Waals surface area contributed by atoms with Crippen LogP contribution in [0.25, 0.3) is 0 Å². The quantitative estimate of drug-likeness (QED) is 0.820. The van der Waals surface area contributed by atoms with E-state index in [4.69, 9.17) is 0 Å². The van der Waals surface area contributed by atoms with E-state index in [1.165, 1.54) is 12.1 Å². The summed E-state index contributed by atoms with van der Waals surface area (Å²) in [6, 6.07) is 5.97. The van der Waals surface area contributed by atoms with E-state index in [1.807, 2.05) is 0 Å². The van der Waals surface area contributed by atoms with Crippen LogP contribution in [-0.4, -0.2) is 62.0 Å². The van der Waals surface area contributed by atoms with Crippen molar-refractivity contribution in [1.82, 2.24) is 15.5 Å². The van der Waals surface area contributed by atoms with Crippen molar-refractivity contribution in [2.45, 2.75) is 12.5 Å². The Kier molecular flexibility index (Phi) is 4.76. The van der Waals surface area contributed by atoms with E-state index in [0.717, 1.165) is 5.69 Å². The number of amides is 2. The Hall–Kier alpha value is -2.15. The lowest BCUT2D eigenvalue weighted by Crippen LogP contribution is -2.56. The Morgan fingerprint density at radius 3 is 2.48 bits per heavy atom. The molecule has 2 N–H and O–H groups in total. The predicted octanol–water partition coefficient (Wildman–Crippen LogP) is -0.0476. The van der Waals surface area contributed by atoms with E-state index >= 15 is 0 Å². The summed E-state index contributed by atoms with van der Waals surface area (Å²) in [7, 11) is 0. The molecule has 0 aliphatic carbocycles. The summed E-state index contributed by atoms with van der Waals surface area (Å²) in [5.74, 6) is -0.353. The van der Waals surface area contributed by atoms with Crippen LogP contribution in [0.2, 0.25) is 0 Å². The third-order valence-electron chi connectivity index (χ3n) is 4.33. The molecule has 3 rings (SSSR count). The molecular formula is C16H21FN4O2. The first-order valence-corrected chi connectivity index (χ1v) is 7.93. The van der Waals surface area contributed by atoms with Crippen LogP contribution in [0.3, 0.4) is 0 Å². The molecule has 2 aliphatic rings. The fraction of sp³-hybridized carbons (Fsp3) is 0.500. The van der Waals surface area contributed by atoms with Gasteiger partial charge in [-0.2, -0.15) is 0 Å². The number of carbonyl (C=O) groups excluding carboxylic acids is 2. The third-order valence-corrected chi connectivity index (χ3v) is 4.33. The number of halogens is 1. The molecule has 1 aromatic rings. The number of hydrogen-bond acceptors (Lipinski definition) is 4. The van der Waals surface area contributed by atoms with Gasteiger partial charge in [-0.15, -0.1) is 0 Å². The monoisotopic (exact) mass is 320 g/mol. The van der Waals surface area contributed by atoms with Crippen LogP contribution in [0, 0.1) is 5.82 Å². The fourth-order valence-electron chi connectivity index (χ4n) is 2.98. The molecule has 2 fully saturated rings. The first kappa shape index (κ1) is 15.7. The van der Waals surface area contributed by atoms with Crippen LogP contribution in [0.15, 0.2) is 24.3 Å². The van der Waals surface area contributed by atoms with Crippen LogP contribution in [0.1, 0.15) is 6.42 Å². The van der Waals surface area contributed by atoms with Crippen molar-refractivity contribution >= 4 is 17.5 Å². The minimum atomic E-state index is -0.425. The highest BCUT2D eigenvalue weighted by molar-refractivity contribution is 5.88. The normalized spacial score (nSPS) is 22.0. The predicted molar refractivity (Wildman–Crippen MR) is 84.6 cm³/mol. The molecule has 2 heterocycles. The Labute approximate surface area is 134 Å². The van der Waals surface area contributed by atoms with E-state index in [-0.39, 0.29) is 24.1 Å². The van der Waals surface area contributed by atoms with Gasteiger partial charge in [-0.25, -0.2) is 4.39 Å². The third kappa shape index (κ3) is 3.79. The number of carbonyl (C=O) groups is 2. The van der Waals surface area contributed by atoms with E-state index in [0.29, 0.717) is 39.3 Å². The van der Waals surface area contributed by atoms with Gasteiger partial charge in [0.25, 0.3) is 0 Å². The van der Waals surface area contributed by atoms with Gasteiger partial charge in [-0.1, -0.05) is 0 Å². The standard InChI is InChI=1S/C16H21FN4O2/c17-12-1-3-13(4-2-12)20-7-9-21(10-8-20)15(22)11-14-16(23)19-6-5-18-14/h1-4,14,18H,5-11H2,(H,19,23)/t14-/m1/s1. The largest absolute Gasteiger partial charge is 0.368 e. The van der Waals surface area contributed by atoms with Crippen LogP contribution >= 0.6 is 0 Å². The zero-order valence-electron chi connectivity index (χ0n) is 12.9. The molecule has 0 unspecified atom stereocenters. The summed E-state index contributed by atoms with van der Waals surface area (Å²) in [4.78, 5) is 28.0. The summed E-state index contributed by atoms with van der Waals surface area (Å²) >= 11 is 0. The molecule has 0 bridgehead atoms. The first-order chi connectivity index (χ1) is 11.1. The second-order valence-electron chi connectivity index (χ2n) is 5.85.